The molecule has 2 nitrogen and oxygen atoms in total. The number of hydrogen-bond donors (Lipinski definition) is 0. The molecule has 0 radical (unpaired) electrons. The molecule has 88 valence electrons. The molecule has 1 aromatic heterocycles. The minimum Gasteiger partial charge on any atom is -0.469 e. The van der Waals surface area contributed by atoms with Gasteiger partial charge in [-0.2, -0.15) is 0 Å². The Morgan fingerprint density at radius 2 is 2.06 bits per heavy atom. The fourth-order valence-corrected chi connectivity index (χ4v) is 1.89. The Labute approximate surface area is 103 Å². The van der Waals surface area contributed by atoms with Gasteiger partial charge in [-0.3, -0.25) is 4.79 Å². The summed E-state index contributed by atoms with van der Waals surface area (Å²) in [5, 5.41) is -0.591. The van der Waals surface area contributed by atoms with Crippen LogP contribution in [-0.4, -0.2) is 5.24 Å². The first-order valence-corrected chi connectivity index (χ1v) is 5.52. The molecule has 0 amide bonds. The van der Waals surface area contributed by atoms with Crippen molar-refractivity contribution >= 4 is 16.8 Å². The van der Waals surface area contributed by atoms with E-state index in [2.05, 4.69) is 0 Å². The molecule has 0 aliphatic heterocycles. The number of benzene rings is 1. The molecule has 17 heavy (non-hydrogen) atoms. The lowest BCUT2D eigenvalue weighted by molar-refractivity contribution is -0.113. The number of rotatable bonds is 4. The van der Waals surface area contributed by atoms with Gasteiger partial charge in [-0.1, -0.05) is 18.2 Å². The van der Waals surface area contributed by atoms with Crippen LogP contribution in [-0.2, 0) is 11.2 Å². The molecule has 4 heteroatoms. The Morgan fingerprint density at radius 3 is 2.65 bits per heavy atom. The third-order valence-corrected chi connectivity index (χ3v) is 2.80. The van der Waals surface area contributed by atoms with Gasteiger partial charge in [-0.05, 0) is 29.8 Å². The zero-order valence-corrected chi connectivity index (χ0v) is 9.65. The van der Waals surface area contributed by atoms with Gasteiger partial charge in [-0.25, -0.2) is 4.39 Å². The van der Waals surface area contributed by atoms with E-state index in [4.69, 9.17) is 16.0 Å². The van der Waals surface area contributed by atoms with Crippen molar-refractivity contribution < 1.29 is 13.6 Å². The van der Waals surface area contributed by atoms with Crippen molar-refractivity contribution in [2.75, 3.05) is 0 Å². The van der Waals surface area contributed by atoms with Gasteiger partial charge in [0.1, 0.15) is 11.6 Å². The Balaban J connectivity index is 2.30. The van der Waals surface area contributed by atoms with E-state index in [-0.39, 0.29) is 6.42 Å². The third-order valence-electron chi connectivity index (χ3n) is 2.54. The molecule has 0 fully saturated rings. The number of hydrogen-bond acceptors (Lipinski definition) is 2. The summed E-state index contributed by atoms with van der Waals surface area (Å²) >= 11 is 5.52. The first kappa shape index (κ1) is 11.9. The first-order valence-electron chi connectivity index (χ1n) is 5.14. The summed E-state index contributed by atoms with van der Waals surface area (Å²) in [5.41, 5.74) is 0.295. The SMILES string of the molecule is O=C(Cl)C(Cc1ccco1)c1ccccc1F. The summed E-state index contributed by atoms with van der Waals surface area (Å²) in [6.07, 6.45) is 1.77. The average molecular weight is 253 g/mol. The quantitative estimate of drug-likeness (QED) is 0.780. The van der Waals surface area contributed by atoms with Crippen LogP contribution in [0.2, 0.25) is 0 Å². The van der Waals surface area contributed by atoms with Crippen molar-refractivity contribution in [1.29, 1.82) is 0 Å². The van der Waals surface area contributed by atoms with Crippen LogP contribution in [0.5, 0.6) is 0 Å². The van der Waals surface area contributed by atoms with Gasteiger partial charge in [-0.15, -0.1) is 0 Å². The molecule has 0 saturated carbocycles. The fourth-order valence-electron chi connectivity index (χ4n) is 1.70. The van der Waals surface area contributed by atoms with E-state index < -0.39 is 17.0 Å². The number of halogens is 2. The third kappa shape index (κ3) is 2.74. The monoisotopic (exact) mass is 252 g/mol. The van der Waals surface area contributed by atoms with Gasteiger partial charge < -0.3 is 4.42 Å². The highest BCUT2D eigenvalue weighted by Gasteiger charge is 2.23. The lowest BCUT2D eigenvalue weighted by Gasteiger charge is -2.12. The minimum atomic E-state index is -0.719. The molecule has 0 bridgehead atoms. The fraction of sp³-hybridized carbons (Fsp3) is 0.154. The van der Waals surface area contributed by atoms with Gasteiger partial charge in [0.15, 0.2) is 0 Å². The topological polar surface area (TPSA) is 30.2 Å². The predicted octanol–water partition coefficient (Wildman–Crippen LogP) is 3.51. The maximum absolute atomic E-state index is 13.6. The second-order valence-electron chi connectivity index (χ2n) is 3.66. The van der Waals surface area contributed by atoms with Crippen molar-refractivity contribution in [2.24, 2.45) is 0 Å². The van der Waals surface area contributed by atoms with E-state index in [1.54, 1.807) is 30.3 Å². The van der Waals surface area contributed by atoms with Gasteiger partial charge in [0.2, 0.25) is 5.24 Å². The highest BCUT2D eigenvalue weighted by molar-refractivity contribution is 6.64. The van der Waals surface area contributed by atoms with Crippen LogP contribution in [0.4, 0.5) is 4.39 Å². The van der Waals surface area contributed by atoms with Crippen molar-refractivity contribution in [2.45, 2.75) is 12.3 Å². The molecule has 0 spiro atoms. The molecular formula is C13H10ClFO2. The standard InChI is InChI=1S/C13H10ClFO2/c14-13(16)11(8-9-4-3-7-17-9)10-5-1-2-6-12(10)15/h1-7,11H,8H2. The van der Waals surface area contributed by atoms with Crippen LogP contribution in [0, 0.1) is 5.82 Å². The molecule has 1 unspecified atom stereocenters. The molecule has 0 N–H and O–H groups in total. The van der Waals surface area contributed by atoms with Crippen molar-refractivity contribution in [3.63, 3.8) is 0 Å². The first-order chi connectivity index (χ1) is 8.18. The Bertz CT molecular complexity index is 508. The predicted molar refractivity (Wildman–Crippen MR) is 62.4 cm³/mol. The van der Waals surface area contributed by atoms with Gasteiger partial charge >= 0.3 is 0 Å². The summed E-state index contributed by atoms with van der Waals surface area (Å²) in [6, 6.07) is 9.56. The summed E-state index contributed by atoms with van der Waals surface area (Å²) < 4.78 is 18.7. The van der Waals surface area contributed by atoms with Gasteiger partial charge in [0, 0.05) is 12.0 Å². The maximum Gasteiger partial charge on any atom is 0.229 e. The van der Waals surface area contributed by atoms with Gasteiger partial charge in [0.25, 0.3) is 0 Å². The number of carbonyl (C=O) groups is 1. The zero-order chi connectivity index (χ0) is 12.3. The van der Waals surface area contributed by atoms with Crippen molar-refractivity contribution in [1.82, 2.24) is 0 Å². The normalized spacial score (nSPS) is 12.4. The minimum absolute atomic E-state index is 0.260. The summed E-state index contributed by atoms with van der Waals surface area (Å²) in [7, 11) is 0. The Hall–Kier alpha value is -1.61. The van der Waals surface area contributed by atoms with Crippen LogP contribution in [0.1, 0.15) is 17.2 Å². The summed E-state index contributed by atoms with van der Waals surface area (Å²) in [4.78, 5) is 11.4. The smallest absolute Gasteiger partial charge is 0.229 e. The van der Waals surface area contributed by atoms with E-state index in [9.17, 15) is 9.18 Å². The van der Waals surface area contributed by atoms with Crippen LogP contribution < -0.4 is 0 Å². The van der Waals surface area contributed by atoms with E-state index in [0.29, 0.717) is 11.3 Å². The van der Waals surface area contributed by atoms with E-state index in [1.807, 2.05) is 0 Å². The maximum atomic E-state index is 13.6. The van der Waals surface area contributed by atoms with E-state index in [1.165, 1.54) is 12.3 Å². The van der Waals surface area contributed by atoms with Crippen molar-refractivity contribution in [3.05, 3.63) is 59.8 Å². The summed E-state index contributed by atoms with van der Waals surface area (Å²) in [5.74, 6) is -0.547. The van der Waals surface area contributed by atoms with Crippen molar-refractivity contribution in [3.8, 4) is 0 Å². The molecule has 0 aliphatic carbocycles. The highest BCUT2D eigenvalue weighted by atomic mass is 35.5. The van der Waals surface area contributed by atoms with Crippen LogP contribution in [0.15, 0.2) is 47.1 Å². The summed E-state index contributed by atoms with van der Waals surface area (Å²) in [6.45, 7) is 0. The molecule has 2 aromatic rings. The zero-order valence-electron chi connectivity index (χ0n) is 8.90. The number of carbonyl (C=O) groups excluding carboxylic acids is 1. The molecule has 1 heterocycles. The molecule has 2 rings (SSSR count). The molecule has 1 aromatic carbocycles. The highest BCUT2D eigenvalue weighted by Crippen LogP contribution is 2.25. The molecule has 0 aliphatic rings. The van der Waals surface area contributed by atoms with Crippen LogP contribution >= 0.6 is 11.6 Å². The lowest BCUT2D eigenvalue weighted by atomic mass is 9.95. The second kappa shape index (κ2) is 5.15. The van der Waals surface area contributed by atoms with E-state index >= 15 is 0 Å². The van der Waals surface area contributed by atoms with Crippen LogP contribution in [0.25, 0.3) is 0 Å². The van der Waals surface area contributed by atoms with E-state index in [0.717, 1.165) is 0 Å². The lowest BCUT2D eigenvalue weighted by Crippen LogP contribution is -2.11. The molecule has 0 saturated heterocycles. The second-order valence-corrected chi connectivity index (χ2v) is 4.03. The van der Waals surface area contributed by atoms with Gasteiger partial charge in [0.05, 0.1) is 12.2 Å². The average Bonchev–Trinajstić information content (AvgIpc) is 2.79. The van der Waals surface area contributed by atoms with Crippen LogP contribution in [0.3, 0.4) is 0 Å². The Kier molecular flexibility index (Phi) is 3.59. The largest absolute Gasteiger partial charge is 0.469 e. The Morgan fingerprint density at radius 1 is 1.29 bits per heavy atom. The molecule has 1 atom stereocenters. The molecular weight excluding hydrogens is 243 g/mol. The number of furan rings is 1.